The van der Waals surface area contributed by atoms with Crippen LogP contribution >= 0.6 is 0 Å². The van der Waals surface area contributed by atoms with Crippen molar-refractivity contribution < 1.29 is 13.0 Å². The van der Waals surface area contributed by atoms with Crippen molar-refractivity contribution in [1.82, 2.24) is 0 Å². The van der Waals surface area contributed by atoms with Crippen molar-refractivity contribution in [2.45, 2.75) is 16.7 Å². The van der Waals surface area contributed by atoms with Crippen LogP contribution in [0.25, 0.3) is 0 Å². The highest BCUT2D eigenvalue weighted by Crippen LogP contribution is 2.12. The topological polar surface area (TPSA) is 57.2 Å². The summed E-state index contributed by atoms with van der Waals surface area (Å²) in [5.74, 6) is 0. The SMILES string of the molecule is C[S+](C)c1ccccc1.Cc1ccccc1S(=O)(=O)[O-]. The molecule has 0 aromatic heterocycles. The minimum absolute atomic E-state index is 0.139. The second-order valence-electron chi connectivity index (χ2n) is 4.35. The van der Waals surface area contributed by atoms with Gasteiger partial charge in [0.05, 0.1) is 4.90 Å². The number of hydrogen-bond donors (Lipinski definition) is 0. The van der Waals surface area contributed by atoms with E-state index >= 15 is 0 Å². The van der Waals surface area contributed by atoms with Crippen LogP contribution in [0.5, 0.6) is 0 Å². The second kappa shape index (κ2) is 7.47. The minimum Gasteiger partial charge on any atom is -0.744 e. The lowest BCUT2D eigenvalue weighted by atomic mass is 10.2. The normalized spacial score (nSPS) is 10.8. The molecule has 2 aromatic rings. The van der Waals surface area contributed by atoms with Gasteiger partial charge in [0.2, 0.25) is 0 Å². The van der Waals surface area contributed by atoms with Gasteiger partial charge in [-0.2, -0.15) is 0 Å². The zero-order chi connectivity index (χ0) is 15.2. The summed E-state index contributed by atoms with van der Waals surface area (Å²) in [5, 5.41) is 0. The molecule has 3 nitrogen and oxygen atoms in total. The summed E-state index contributed by atoms with van der Waals surface area (Å²) in [6.07, 6.45) is 4.46. The van der Waals surface area contributed by atoms with Gasteiger partial charge in [-0.3, -0.25) is 0 Å². The van der Waals surface area contributed by atoms with E-state index in [0.717, 1.165) is 0 Å². The maximum absolute atomic E-state index is 10.5. The van der Waals surface area contributed by atoms with Gasteiger partial charge in [-0.1, -0.05) is 36.4 Å². The van der Waals surface area contributed by atoms with Crippen molar-refractivity contribution in [2.24, 2.45) is 0 Å². The summed E-state index contributed by atoms with van der Waals surface area (Å²) < 4.78 is 31.5. The molecule has 0 heterocycles. The summed E-state index contributed by atoms with van der Waals surface area (Å²) in [5.41, 5.74) is 0.488. The Labute approximate surface area is 123 Å². The van der Waals surface area contributed by atoms with Crippen LogP contribution in [0.2, 0.25) is 0 Å². The quantitative estimate of drug-likeness (QED) is 0.633. The average molecular weight is 310 g/mol. The van der Waals surface area contributed by atoms with Gasteiger partial charge in [0.25, 0.3) is 0 Å². The monoisotopic (exact) mass is 310 g/mol. The van der Waals surface area contributed by atoms with E-state index in [1.165, 1.54) is 17.0 Å². The van der Waals surface area contributed by atoms with Gasteiger partial charge in [-0.05, 0) is 30.7 Å². The molecule has 0 saturated heterocycles. The van der Waals surface area contributed by atoms with Crippen molar-refractivity contribution in [3.63, 3.8) is 0 Å². The first-order chi connectivity index (χ1) is 9.32. The molecule has 0 aliphatic carbocycles. The molecule has 0 fully saturated rings. The second-order valence-corrected chi connectivity index (χ2v) is 7.80. The number of hydrogen-bond acceptors (Lipinski definition) is 3. The van der Waals surface area contributed by atoms with Crippen LogP contribution in [-0.4, -0.2) is 25.5 Å². The van der Waals surface area contributed by atoms with Crippen LogP contribution in [0, 0.1) is 6.92 Å². The number of benzene rings is 2. The van der Waals surface area contributed by atoms with Crippen molar-refractivity contribution in [3.8, 4) is 0 Å². The van der Waals surface area contributed by atoms with Crippen molar-refractivity contribution in [2.75, 3.05) is 12.5 Å². The van der Waals surface area contributed by atoms with Crippen molar-refractivity contribution in [3.05, 3.63) is 60.2 Å². The van der Waals surface area contributed by atoms with E-state index in [1.54, 1.807) is 19.1 Å². The number of rotatable bonds is 2. The molecule has 2 rings (SSSR count). The lowest BCUT2D eigenvalue weighted by molar-refractivity contribution is 0.462. The Kier molecular flexibility index (Phi) is 6.26. The smallest absolute Gasteiger partial charge is 0.154 e. The summed E-state index contributed by atoms with van der Waals surface area (Å²) in [7, 11) is -3.86. The van der Waals surface area contributed by atoms with Crippen LogP contribution in [0.4, 0.5) is 0 Å². The van der Waals surface area contributed by atoms with Gasteiger partial charge in [0, 0.05) is 10.9 Å². The van der Waals surface area contributed by atoms with E-state index in [2.05, 4.69) is 42.8 Å². The predicted molar refractivity (Wildman–Crippen MR) is 83.1 cm³/mol. The van der Waals surface area contributed by atoms with Gasteiger partial charge in [-0.25, -0.2) is 8.42 Å². The fourth-order valence-corrected chi connectivity index (χ4v) is 2.94. The van der Waals surface area contributed by atoms with Gasteiger partial charge >= 0.3 is 0 Å². The first-order valence-corrected chi connectivity index (χ1v) is 9.41. The van der Waals surface area contributed by atoms with Crippen LogP contribution in [0.15, 0.2) is 64.4 Å². The molecule has 5 heteroatoms. The average Bonchev–Trinajstić information content (AvgIpc) is 2.39. The third-order valence-corrected chi connectivity index (χ3v) is 4.79. The Morgan fingerprint density at radius 3 is 1.75 bits per heavy atom. The standard InChI is InChI=1S/C8H11S.C7H8O3S/c1-9(2)8-6-4-3-5-7-8;1-6-4-2-3-5-7(6)11(8,9)10/h3-7H,1-2H3;2-5H,1H3,(H,8,9,10)/q+1;/p-1. The van der Waals surface area contributed by atoms with E-state index in [9.17, 15) is 13.0 Å². The lowest BCUT2D eigenvalue weighted by Crippen LogP contribution is -2.00. The molecule has 0 bridgehead atoms. The highest BCUT2D eigenvalue weighted by atomic mass is 32.2. The Balaban J connectivity index is 0.000000204. The molecule has 0 unspecified atom stereocenters. The van der Waals surface area contributed by atoms with E-state index < -0.39 is 10.1 Å². The molecule has 108 valence electrons. The van der Waals surface area contributed by atoms with Crippen molar-refractivity contribution >= 4 is 21.0 Å². The molecule has 0 amide bonds. The van der Waals surface area contributed by atoms with Gasteiger partial charge < -0.3 is 4.55 Å². The fourth-order valence-electron chi connectivity index (χ4n) is 1.53. The highest BCUT2D eigenvalue weighted by Gasteiger charge is 2.04. The predicted octanol–water partition coefficient (Wildman–Crippen LogP) is 2.82. The van der Waals surface area contributed by atoms with E-state index in [0.29, 0.717) is 16.5 Å². The lowest BCUT2D eigenvalue weighted by Gasteiger charge is -2.08. The van der Waals surface area contributed by atoms with E-state index in [-0.39, 0.29) is 4.90 Å². The van der Waals surface area contributed by atoms with E-state index in [4.69, 9.17) is 0 Å². The first kappa shape index (κ1) is 16.8. The molecule has 0 saturated carbocycles. The fraction of sp³-hybridized carbons (Fsp3) is 0.200. The Morgan fingerprint density at radius 2 is 1.40 bits per heavy atom. The Hall–Kier alpha value is -1.30. The third-order valence-electron chi connectivity index (χ3n) is 2.58. The molecule has 0 N–H and O–H groups in total. The molecule has 0 atom stereocenters. The number of aryl methyl sites for hydroxylation is 1. The van der Waals surface area contributed by atoms with Crippen LogP contribution in [0.1, 0.15) is 5.56 Å². The third kappa shape index (κ3) is 5.36. The Morgan fingerprint density at radius 1 is 0.900 bits per heavy atom. The molecule has 0 spiro atoms. The summed E-state index contributed by atoms with van der Waals surface area (Å²) in [6, 6.07) is 16.7. The maximum Gasteiger partial charge on any atom is 0.154 e. The molecule has 2 aromatic carbocycles. The molecule has 0 radical (unpaired) electrons. The zero-order valence-electron chi connectivity index (χ0n) is 11.7. The zero-order valence-corrected chi connectivity index (χ0v) is 13.4. The molecule has 0 aliphatic rings. The molecular formula is C15H18O3S2. The Bertz CT molecular complexity index is 635. The van der Waals surface area contributed by atoms with Crippen LogP contribution < -0.4 is 0 Å². The van der Waals surface area contributed by atoms with Crippen LogP contribution in [-0.2, 0) is 21.0 Å². The highest BCUT2D eigenvalue weighted by molar-refractivity contribution is 7.95. The summed E-state index contributed by atoms with van der Waals surface area (Å²) in [6.45, 7) is 1.59. The molecule has 20 heavy (non-hydrogen) atoms. The van der Waals surface area contributed by atoms with Crippen molar-refractivity contribution in [1.29, 1.82) is 0 Å². The minimum atomic E-state index is -4.28. The first-order valence-electron chi connectivity index (χ1n) is 5.96. The largest absolute Gasteiger partial charge is 0.744 e. The van der Waals surface area contributed by atoms with Gasteiger partial charge in [-0.15, -0.1) is 0 Å². The van der Waals surface area contributed by atoms with Crippen LogP contribution in [0.3, 0.4) is 0 Å². The summed E-state index contributed by atoms with van der Waals surface area (Å²) in [4.78, 5) is 1.30. The summed E-state index contributed by atoms with van der Waals surface area (Å²) >= 11 is 0. The van der Waals surface area contributed by atoms with E-state index in [1.807, 2.05) is 0 Å². The molecule has 0 aliphatic heterocycles. The maximum atomic E-state index is 10.5. The molecular weight excluding hydrogens is 292 g/mol. The van der Waals surface area contributed by atoms with Gasteiger partial charge in [0.1, 0.15) is 22.6 Å². The van der Waals surface area contributed by atoms with Gasteiger partial charge in [0.15, 0.2) is 4.90 Å².